The van der Waals surface area contributed by atoms with E-state index in [-0.39, 0.29) is 41.4 Å². The molecule has 0 aliphatic carbocycles. The van der Waals surface area contributed by atoms with E-state index >= 15 is 0 Å². The topological polar surface area (TPSA) is 115 Å². The minimum atomic E-state index is -0.690. The molecule has 2 heterocycles. The number of thioether (sulfide) groups is 1. The highest BCUT2D eigenvalue weighted by molar-refractivity contribution is 8.00. The normalized spacial score (nSPS) is 16.7. The van der Waals surface area contributed by atoms with Gasteiger partial charge in [0, 0.05) is 17.6 Å². The number of imide groups is 1. The lowest BCUT2D eigenvalue weighted by Crippen LogP contribution is -2.31. The second kappa shape index (κ2) is 7.93. The summed E-state index contributed by atoms with van der Waals surface area (Å²) < 4.78 is 4.86. The van der Waals surface area contributed by atoms with E-state index in [1.54, 1.807) is 31.2 Å². The second-order valence-electron chi connectivity index (χ2n) is 5.53. The van der Waals surface area contributed by atoms with E-state index in [1.807, 2.05) is 0 Å². The highest BCUT2D eigenvalue weighted by Crippen LogP contribution is 2.33. The summed E-state index contributed by atoms with van der Waals surface area (Å²) in [5.74, 6) is -1.39. The van der Waals surface area contributed by atoms with Crippen molar-refractivity contribution >= 4 is 52.7 Å². The summed E-state index contributed by atoms with van der Waals surface area (Å²) in [6.45, 7) is 1.88. The molecule has 1 fully saturated rings. The largest absolute Gasteiger partial charge is 0.462 e. The Labute approximate surface area is 164 Å². The van der Waals surface area contributed by atoms with Crippen molar-refractivity contribution in [1.82, 2.24) is 9.97 Å². The number of carbonyl (C=O) groups excluding carboxylic acids is 3. The van der Waals surface area contributed by atoms with Gasteiger partial charge in [-0.3, -0.25) is 9.59 Å². The zero-order valence-corrected chi connectivity index (χ0v) is 15.8. The molecule has 0 unspecified atom stereocenters. The molecule has 1 aromatic carbocycles. The quantitative estimate of drug-likeness (QED) is 0.457. The van der Waals surface area contributed by atoms with Gasteiger partial charge in [0.15, 0.2) is 5.16 Å². The highest BCUT2D eigenvalue weighted by atomic mass is 35.5. The number of nitrogen functional groups attached to an aromatic ring is 1. The Hall–Kier alpha value is -2.65. The molecule has 1 atom stereocenters. The van der Waals surface area contributed by atoms with Crippen LogP contribution in [-0.2, 0) is 14.3 Å². The molecule has 10 heteroatoms. The highest BCUT2D eigenvalue weighted by Gasteiger charge is 2.40. The lowest BCUT2D eigenvalue weighted by atomic mass is 10.3. The molecule has 0 bridgehead atoms. The number of amides is 2. The molecule has 1 aliphatic heterocycles. The number of nitrogens with zero attached hydrogens (tertiary/aromatic N) is 3. The molecule has 0 spiro atoms. The first-order valence-corrected chi connectivity index (χ1v) is 9.25. The number of nitrogens with two attached hydrogens (primary N) is 1. The van der Waals surface area contributed by atoms with Crippen molar-refractivity contribution in [2.45, 2.75) is 23.8 Å². The van der Waals surface area contributed by atoms with Crippen LogP contribution in [0.3, 0.4) is 0 Å². The number of carbonyl (C=O) groups is 3. The number of hydrogen-bond donors (Lipinski definition) is 1. The maximum atomic E-state index is 12.7. The number of halogens is 1. The fourth-order valence-corrected chi connectivity index (χ4v) is 3.65. The van der Waals surface area contributed by atoms with Crippen LogP contribution in [0.1, 0.15) is 23.7 Å². The van der Waals surface area contributed by atoms with Gasteiger partial charge in [0.2, 0.25) is 11.8 Å². The number of anilines is 2. The molecule has 0 radical (unpaired) electrons. The molecule has 1 aromatic heterocycles. The first-order chi connectivity index (χ1) is 12.9. The zero-order valence-electron chi connectivity index (χ0n) is 14.2. The number of rotatable bonds is 5. The first kappa shape index (κ1) is 19.1. The fraction of sp³-hybridized carbons (Fsp3) is 0.235. The lowest BCUT2D eigenvalue weighted by Gasteiger charge is -2.15. The van der Waals surface area contributed by atoms with E-state index in [2.05, 4.69) is 9.97 Å². The molecular formula is C17H15ClN4O4S. The predicted molar refractivity (Wildman–Crippen MR) is 101 cm³/mol. The average Bonchev–Trinajstić information content (AvgIpc) is 2.88. The molecule has 1 saturated heterocycles. The van der Waals surface area contributed by atoms with Crippen LogP contribution in [0.4, 0.5) is 11.5 Å². The van der Waals surface area contributed by atoms with Crippen LogP contribution in [-0.4, -0.2) is 39.6 Å². The molecule has 2 aromatic rings. The summed E-state index contributed by atoms with van der Waals surface area (Å²) in [5.41, 5.74) is 6.25. The molecule has 1 aliphatic rings. The van der Waals surface area contributed by atoms with Crippen LogP contribution in [0.5, 0.6) is 0 Å². The summed E-state index contributed by atoms with van der Waals surface area (Å²) >= 11 is 6.95. The van der Waals surface area contributed by atoms with E-state index in [9.17, 15) is 14.4 Å². The third-order valence-corrected chi connectivity index (χ3v) is 5.01. The van der Waals surface area contributed by atoms with Crippen molar-refractivity contribution < 1.29 is 19.1 Å². The Morgan fingerprint density at radius 3 is 2.89 bits per heavy atom. The van der Waals surface area contributed by atoms with Gasteiger partial charge >= 0.3 is 5.97 Å². The van der Waals surface area contributed by atoms with Gasteiger partial charge in [-0.05, 0) is 25.1 Å². The van der Waals surface area contributed by atoms with Gasteiger partial charge in [-0.2, -0.15) is 0 Å². The van der Waals surface area contributed by atoms with E-state index in [0.29, 0.717) is 10.7 Å². The van der Waals surface area contributed by atoms with Crippen molar-refractivity contribution in [3.63, 3.8) is 0 Å². The third-order valence-electron chi connectivity index (χ3n) is 3.71. The van der Waals surface area contributed by atoms with E-state index in [1.165, 1.54) is 6.20 Å². The zero-order chi connectivity index (χ0) is 19.6. The van der Waals surface area contributed by atoms with Crippen LogP contribution in [0.2, 0.25) is 5.02 Å². The fourth-order valence-electron chi connectivity index (χ4n) is 2.51. The number of hydrogen-bond acceptors (Lipinski definition) is 8. The first-order valence-electron chi connectivity index (χ1n) is 7.99. The summed E-state index contributed by atoms with van der Waals surface area (Å²) in [6.07, 6.45) is 1.25. The summed E-state index contributed by atoms with van der Waals surface area (Å²) in [5, 5.41) is -0.0705. The summed E-state index contributed by atoms with van der Waals surface area (Å²) in [6, 6.07) is 6.50. The molecular weight excluding hydrogens is 392 g/mol. The number of aromatic nitrogens is 2. The standard InChI is InChI=1S/C17H15ClN4O4S/c1-2-26-16(25)11-8-20-17(21-14(11)19)27-12-7-13(23)22(15(12)24)10-5-3-4-9(18)6-10/h3-6,8,12H,2,7H2,1H3,(H2,19,20,21)/t12-/m0/s1. The van der Waals surface area contributed by atoms with Crippen molar-refractivity contribution in [2.24, 2.45) is 0 Å². The third kappa shape index (κ3) is 4.04. The van der Waals surface area contributed by atoms with Crippen molar-refractivity contribution in [1.29, 1.82) is 0 Å². The lowest BCUT2D eigenvalue weighted by molar-refractivity contribution is -0.121. The van der Waals surface area contributed by atoms with Crippen molar-refractivity contribution in [3.8, 4) is 0 Å². The van der Waals surface area contributed by atoms with Crippen LogP contribution < -0.4 is 10.6 Å². The van der Waals surface area contributed by atoms with Crippen molar-refractivity contribution in [3.05, 3.63) is 41.0 Å². The van der Waals surface area contributed by atoms with Crippen molar-refractivity contribution in [2.75, 3.05) is 17.2 Å². The van der Waals surface area contributed by atoms with Gasteiger partial charge in [0.25, 0.3) is 0 Å². The molecule has 3 rings (SSSR count). The van der Waals surface area contributed by atoms with Gasteiger partial charge in [-0.1, -0.05) is 29.4 Å². The van der Waals surface area contributed by atoms with E-state index in [0.717, 1.165) is 16.7 Å². The number of benzene rings is 1. The Morgan fingerprint density at radius 2 is 2.22 bits per heavy atom. The molecule has 2 N–H and O–H groups in total. The monoisotopic (exact) mass is 406 g/mol. The van der Waals surface area contributed by atoms with Crippen LogP contribution in [0.25, 0.3) is 0 Å². The van der Waals surface area contributed by atoms with Crippen LogP contribution >= 0.6 is 23.4 Å². The Bertz CT molecular complexity index is 924. The van der Waals surface area contributed by atoms with E-state index < -0.39 is 11.2 Å². The Kier molecular flexibility index (Phi) is 5.62. The van der Waals surface area contributed by atoms with Gasteiger partial charge in [-0.15, -0.1) is 0 Å². The molecule has 27 heavy (non-hydrogen) atoms. The summed E-state index contributed by atoms with van der Waals surface area (Å²) in [4.78, 5) is 45.9. The minimum Gasteiger partial charge on any atom is -0.462 e. The average molecular weight is 407 g/mol. The number of ether oxygens (including phenoxy) is 1. The maximum absolute atomic E-state index is 12.7. The SMILES string of the molecule is CCOC(=O)c1cnc(S[C@H]2CC(=O)N(c3cccc(Cl)c3)C2=O)nc1N. The molecule has 0 saturated carbocycles. The van der Waals surface area contributed by atoms with Gasteiger partial charge in [0.05, 0.1) is 12.3 Å². The van der Waals surface area contributed by atoms with Gasteiger partial charge < -0.3 is 10.5 Å². The molecule has 2 amide bonds. The maximum Gasteiger partial charge on any atom is 0.343 e. The molecule has 140 valence electrons. The summed E-state index contributed by atoms with van der Waals surface area (Å²) in [7, 11) is 0. The van der Waals surface area contributed by atoms with E-state index in [4.69, 9.17) is 22.1 Å². The predicted octanol–water partition coefficient (Wildman–Crippen LogP) is 2.31. The Morgan fingerprint density at radius 1 is 1.44 bits per heavy atom. The number of esters is 1. The van der Waals surface area contributed by atoms with Crippen LogP contribution in [0, 0.1) is 0 Å². The van der Waals surface area contributed by atoms with Crippen LogP contribution in [0.15, 0.2) is 35.6 Å². The smallest absolute Gasteiger partial charge is 0.343 e. The Balaban J connectivity index is 1.77. The van der Waals surface area contributed by atoms with Gasteiger partial charge in [-0.25, -0.2) is 19.7 Å². The molecule has 8 nitrogen and oxygen atoms in total. The van der Waals surface area contributed by atoms with Gasteiger partial charge in [0.1, 0.15) is 16.6 Å². The second-order valence-corrected chi connectivity index (χ2v) is 7.14. The minimum absolute atomic E-state index is 0.00109.